The Morgan fingerprint density at radius 1 is 0.620 bits per heavy atom. The van der Waals surface area contributed by atoms with Crippen LogP contribution in [0.25, 0.3) is 0 Å². The summed E-state index contributed by atoms with van der Waals surface area (Å²) in [5.74, 6) is 3.34. The Bertz CT molecular complexity index is 1430. The van der Waals surface area contributed by atoms with Crippen molar-refractivity contribution < 1.29 is 23.7 Å². The topological polar surface area (TPSA) is 59.2 Å². The van der Waals surface area contributed by atoms with Gasteiger partial charge in [-0.05, 0) is 140 Å². The Kier molecular flexibility index (Phi) is 11.6. The van der Waals surface area contributed by atoms with Gasteiger partial charge in [-0.2, -0.15) is 0 Å². The molecule has 2 aromatic rings. The Hall–Kier alpha value is -2.52. The van der Waals surface area contributed by atoms with Gasteiger partial charge in [-0.3, -0.25) is 0 Å². The zero-order chi connectivity index (χ0) is 35.5. The molecule has 6 unspecified atom stereocenters. The van der Waals surface area contributed by atoms with E-state index in [0.717, 1.165) is 48.6 Å². The van der Waals surface area contributed by atoms with E-state index in [1.165, 1.54) is 95.0 Å². The molecule has 278 valence electrons. The number of hydrogen-bond acceptors (Lipinski definition) is 8. The summed E-state index contributed by atoms with van der Waals surface area (Å²) in [7, 11) is 11.4. The van der Waals surface area contributed by atoms with Crippen molar-refractivity contribution in [1.82, 2.24) is 14.7 Å². The van der Waals surface area contributed by atoms with Crippen LogP contribution in [-0.2, 0) is 15.6 Å². The zero-order valence-corrected chi connectivity index (χ0v) is 32.4. The fourth-order valence-electron chi connectivity index (χ4n) is 10.5. The van der Waals surface area contributed by atoms with Gasteiger partial charge in [0.15, 0.2) is 23.0 Å². The molecular formula is C42H65N3O5. The second kappa shape index (κ2) is 15.6. The lowest BCUT2D eigenvalue weighted by Crippen LogP contribution is -2.52. The highest BCUT2D eigenvalue weighted by atomic mass is 16.6. The highest BCUT2D eigenvalue weighted by molar-refractivity contribution is 5.48. The summed E-state index contributed by atoms with van der Waals surface area (Å²) in [6.07, 6.45) is 14.2. The maximum Gasteiger partial charge on any atom is 0.161 e. The van der Waals surface area contributed by atoms with E-state index in [2.05, 4.69) is 65.2 Å². The Morgan fingerprint density at radius 3 is 1.66 bits per heavy atom. The first-order valence-electron chi connectivity index (χ1n) is 19.5. The van der Waals surface area contributed by atoms with Crippen LogP contribution in [0.3, 0.4) is 0 Å². The summed E-state index contributed by atoms with van der Waals surface area (Å²) >= 11 is 0. The molecule has 6 atom stereocenters. The predicted molar refractivity (Wildman–Crippen MR) is 201 cm³/mol. The minimum atomic E-state index is 0.198. The number of rotatable bonds is 7. The minimum absolute atomic E-state index is 0.198. The van der Waals surface area contributed by atoms with Crippen molar-refractivity contribution in [1.29, 1.82) is 0 Å². The van der Waals surface area contributed by atoms with E-state index in [0.29, 0.717) is 12.1 Å². The van der Waals surface area contributed by atoms with E-state index in [-0.39, 0.29) is 16.4 Å². The van der Waals surface area contributed by atoms with Crippen LogP contribution in [-0.4, -0.2) is 114 Å². The molecule has 4 heterocycles. The van der Waals surface area contributed by atoms with E-state index in [1.54, 1.807) is 28.4 Å². The number of nitrogens with zero attached hydrogens (tertiary/aromatic N) is 3. The maximum atomic E-state index is 5.78. The number of methoxy groups -OCH3 is 4. The van der Waals surface area contributed by atoms with E-state index in [9.17, 15) is 0 Å². The van der Waals surface area contributed by atoms with E-state index in [4.69, 9.17) is 23.7 Å². The molecular weight excluding hydrogens is 626 g/mol. The van der Waals surface area contributed by atoms with Gasteiger partial charge in [0, 0.05) is 29.0 Å². The van der Waals surface area contributed by atoms with Gasteiger partial charge in [-0.25, -0.2) is 0 Å². The van der Waals surface area contributed by atoms with E-state index >= 15 is 0 Å². The molecule has 6 fully saturated rings. The molecule has 4 aliphatic heterocycles. The molecule has 8 nitrogen and oxygen atoms in total. The average molecular weight is 692 g/mol. The number of ether oxygens (including phenoxy) is 5. The van der Waals surface area contributed by atoms with E-state index < -0.39 is 0 Å². The maximum absolute atomic E-state index is 5.78. The van der Waals surface area contributed by atoms with Crippen molar-refractivity contribution >= 4 is 0 Å². The molecule has 50 heavy (non-hydrogen) atoms. The largest absolute Gasteiger partial charge is 0.493 e. The lowest BCUT2D eigenvalue weighted by molar-refractivity contribution is 0.0696. The molecule has 0 bridgehead atoms. The SMILES string of the molecule is CC.COc1ccc(C23CCC(N4CCCCC4)CC2N(C)CC3)cc1OC.COc1ccc(C23CCN(C)C2CC2(CC3)CO2)cc1OC. The number of benzene rings is 2. The first-order chi connectivity index (χ1) is 24.3. The zero-order valence-electron chi connectivity index (χ0n) is 32.4. The van der Waals surface area contributed by atoms with Crippen LogP contribution in [0.2, 0.25) is 0 Å². The summed E-state index contributed by atoms with van der Waals surface area (Å²) in [5.41, 5.74) is 3.56. The molecule has 1 spiro atoms. The summed E-state index contributed by atoms with van der Waals surface area (Å²) < 4.78 is 27.8. The van der Waals surface area contributed by atoms with Crippen molar-refractivity contribution in [2.24, 2.45) is 0 Å². The second-order valence-electron chi connectivity index (χ2n) is 15.6. The summed E-state index contributed by atoms with van der Waals surface area (Å²) in [5, 5.41) is 0. The molecule has 2 aromatic carbocycles. The van der Waals surface area contributed by atoms with Gasteiger partial charge < -0.3 is 38.4 Å². The molecule has 8 heteroatoms. The molecule has 4 saturated heterocycles. The van der Waals surface area contributed by atoms with Crippen molar-refractivity contribution in [2.45, 2.75) is 119 Å². The molecule has 0 N–H and O–H groups in total. The molecule has 8 rings (SSSR count). The van der Waals surface area contributed by atoms with Gasteiger partial charge in [0.05, 0.1) is 40.6 Å². The first kappa shape index (κ1) is 37.2. The molecule has 0 radical (unpaired) electrons. The lowest BCUT2D eigenvalue weighted by atomic mass is 9.63. The van der Waals surface area contributed by atoms with Gasteiger partial charge in [-0.15, -0.1) is 0 Å². The molecule has 6 aliphatic rings. The monoisotopic (exact) mass is 691 g/mol. The smallest absolute Gasteiger partial charge is 0.161 e. The Labute approximate surface area is 302 Å². The first-order valence-corrected chi connectivity index (χ1v) is 19.5. The fraction of sp³-hybridized carbons (Fsp3) is 0.714. The van der Waals surface area contributed by atoms with Gasteiger partial charge in [0.1, 0.15) is 0 Å². The number of hydrogen-bond donors (Lipinski definition) is 0. The third kappa shape index (κ3) is 6.87. The quantitative estimate of drug-likeness (QED) is 0.281. The average Bonchev–Trinajstić information content (AvgIpc) is 3.74. The number of likely N-dealkylation sites (tertiary alicyclic amines) is 3. The lowest BCUT2D eigenvalue weighted by Gasteiger charge is -2.48. The minimum Gasteiger partial charge on any atom is -0.493 e. The van der Waals surface area contributed by atoms with Gasteiger partial charge >= 0.3 is 0 Å². The van der Waals surface area contributed by atoms with Crippen LogP contribution in [0, 0.1) is 0 Å². The summed E-state index contributed by atoms with van der Waals surface area (Å²) in [6, 6.07) is 15.1. The van der Waals surface area contributed by atoms with Crippen LogP contribution in [0.4, 0.5) is 0 Å². The molecule has 2 saturated carbocycles. The van der Waals surface area contributed by atoms with Crippen molar-refractivity contribution in [3.8, 4) is 23.0 Å². The molecule has 2 aliphatic carbocycles. The van der Waals surface area contributed by atoms with Crippen molar-refractivity contribution in [2.75, 3.05) is 75.3 Å². The van der Waals surface area contributed by atoms with E-state index in [1.807, 2.05) is 13.8 Å². The number of fused-ring (bicyclic) bond motifs is 2. The highest BCUT2D eigenvalue weighted by Crippen LogP contribution is 2.56. The predicted octanol–water partition coefficient (Wildman–Crippen LogP) is 7.31. The third-order valence-electron chi connectivity index (χ3n) is 13.5. The van der Waals surface area contributed by atoms with Gasteiger partial charge in [0.25, 0.3) is 0 Å². The van der Waals surface area contributed by atoms with Crippen LogP contribution in [0.5, 0.6) is 23.0 Å². The van der Waals surface area contributed by atoms with Gasteiger partial charge in [-0.1, -0.05) is 32.4 Å². The fourth-order valence-corrected chi connectivity index (χ4v) is 10.5. The van der Waals surface area contributed by atoms with Crippen LogP contribution in [0.15, 0.2) is 36.4 Å². The second-order valence-corrected chi connectivity index (χ2v) is 15.6. The standard InChI is InChI=1S/C22H34N2O2.C18H25NO3.C2H6/c1-23-14-11-22(17-7-8-19(25-2)20(15-17)26-3)10-9-18(16-21(22)23)24-12-5-4-6-13-24;1-19-9-8-18(7-6-17(12-22-17)11-16(18)19)13-4-5-14(20-2)15(10-13)21-3;1-2/h7-8,15,18,21H,4-6,9-14,16H2,1-3H3;4-5,10,16H,6-9,11-12H2,1-3H3;1-2H3. The van der Waals surface area contributed by atoms with Crippen LogP contribution in [0.1, 0.15) is 95.6 Å². The molecule has 0 aromatic heterocycles. The summed E-state index contributed by atoms with van der Waals surface area (Å²) in [6.45, 7) is 9.94. The van der Waals surface area contributed by atoms with Crippen LogP contribution < -0.4 is 18.9 Å². The normalized spacial score (nSPS) is 33.6. The highest BCUT2D eigenvalue weighted by Gasteiger charge is 2.59. The van der Waals surface area contributed by atoms with Gasteiger partial charge in [0.2, 0.25) is 0 Å². The van der Waals surface area contributed by atoms with Crippen molar-refractivity contribution in [3.05, 3.63) is 47.5 Å². The third-order valence-corrected chi connectivity index (χ3v) is 13.5. The van der Waals surface area contributed by atoms with Crippen LogP contribution >= 0.6 is 0 Å². The molecule has 0 amide bonds. The number of likely N-dealkylation sites (N-methyl/N-ethyl adjacent to an activating group) is 2. The number of piperidine rings is 1. The number of epoxide rings is 1. The Morgan fingerprint density at radius 2 is 1.14 bits per heavy atom. The van der Waals surface area contributed by atoms with Crippen molar-refractivity contribution in [3.63, 3.8) is 0 Å². The Balaban J connectivity index is 0.000000167. The summed E-state index contributed by atoms with van der Waals surface area (Å²) in [4.78, 5) is 7.93.